The highest BCUT2D eigenvalue weighted by Crippen LogP contribution is 2.27. The highest BCUT2D eigenvalue weighted by atomic mass is 32.1. The van der Waals surface area contributed by atoms with E-state index in [1.807, 2.05) is 31.2 Å². The quantitative estimate of drug-likeness (QED) is 0.923. The summed E-state index contributed by atoms with van der Waals surface area (Å²) in [5.41, 5.74) is 2.67. The zero-order valence-corrected chi connectivity index (χ0v) is 13.2. The molecular formula is C16H16N2O3S. The number of aromatic nitrogens is 1. The minimum absolute atomic E-state index is 0.245. The number of carboxylic acid groups (broad SMARTS) is 1. The van der Waals surface area contributed by atoms with E-state index in [2.05, 4.69) is 4.98 Å². The van der Waals surface area contributed by atoms with Gasteiger partial charge in [-0.1, -0.05) is 24.3 Å². The topological polar surface area (TPSA) is 70.5 Å². The molecule has 1 amide bonds. The molecule has 6 heteroatoms. The molecule has 3 rings (SSSR count). The van der Waals surface area contributed by atoms with Gasteiger partial charge in [0.1, 0.15) is 10.9 Å². The molecule has 1 aliphatic rings. The number of carbonyl (C=O) groups is 2. The molecule has 1 atom stereocenters. The lowest BCUT2D eigenvalue weighted by Crippen LogP contribution is -2.48. The van der Waals surface area contributed by atoms with Crippen LogP contribution < -0.4 is 0 Å². The van der Waals surface area contributed by atoms with Gasteiger partial charge in [-0.2, -0.15) is 0 Å². The van der Waals surface area contributed by atoms with Crippen LogP contribution in [0.3, 0.4) is 0 Å². The number of hydrogen-bond donors (Lipinski definition) is 1. The Morgan fingerprint density at radius 3 is 2.55 bits per heavy atom. The number of benzene rings is 1. The molecule has 0 spiro atoms. The van der Waals surface area contributed by atoms with Crippen molar-refractivity contribution in [2.24, 2.45) is 0 Å². The van der Waals surface area contributed by atoms with Crippen molar-refractivity contribution in [3.8, 4) is 0 Å². The first-order valence-electron chi connectivity index (χ1n) is 7.02. The van der Waals surface area contributed by atoms with E-state index in [4.69, 9.17) is 0 Å². The van der Waals surface area contributed by atoms with Crippen LogP contribution in [-0.4, -0.2) is 32.9 Å². The van der Waals surface area contributed by atoms with Gasteiger partial charge in [-0.25, -0.2) is 9.78 Å². The van der Waals surface area contributed by atoms with E-state index >= 15 is 0 Å². The average Bonchev–Trinajstić information content (AvgIpc) is 2.83. The fourth-order valence-electron chi connectivity index (χ4n) is 2.82. The molecule has 1 aromatic carbocycles. The third-order valence-corrected chi connectivity index (χ3v) is 4.95. The Labute approximate surface area is 132 Å². The second kappa shape index (κ2) is 5.53. The number of carboxylic acids is 1. The summed E-state index contributed by atoms with van der Waals surface area (Å²) in [6.45, 7) is 3.95. The summed E-state index contributed by atoms with van der Waals surface area (Å²) in [7, 11) is 0. The van der Waals surface area contributed by atoms with E-state index in [1.165, 1.54) is 16.2 Å². The van der Waals surface area contributed by atoms with Crippen molar-refractivity contribution >= 4 is 23.2 Å². The zero-order chi connectivity index (χ0) is 15.9. The van der Waals surface area contributed by atoms with Crippen LogP contribution in [0.15, 0.2) is 24.3 Å². The zero-order valence-electron chi connectivity index (χ0n) is 12.4. The molecule has 2 heterocycles. The van der Waals surface area contributed by atoms with Crippen molar-refractivity contribution in [2.75, 3.05) is 0 Å². The van der Waals surface area contributed by atoms with Crippen molar-refractivity contribution in [3.63, 3.8) is 0 Å². The second-order valence-corrected chi connectivity index (χ2v) is 6.61. The molecule has 5 nitrogen and oxygen atoms in total. The Hall–Kier alpha value is -2.21. The fourth-order valence-corrected chi connectivity index (χ4v) is 3.69. The molecule has 0 aliphatic carbocycles. The standard InChI is InChI=1S/C16H16N2O3S/c1-9-14(22-10(2)17-9)15(19)18-8-12-6-4-3-5-11(12)7-13(18)16(20)21/h3-6,13H,7-8H2,1-2H3,(H,20,21)/t13-/m0/s1. The average molecular weight is 316 g/mol. The molecule has 0 bridgehead atoms. The van der Waals surface area contributed by atoms with Crippen LogP contribution in [-0.2, 0) is 17.8 Å². The smallest absolute Gasteiger partial charge is 0.326 e. The van der Waals surface area contributed by atoms with Crippen LogP contribution in [0.4, 0.5) is 0 Å². The van der Waals surface area contributed by atoms with Gasteiger partial charge >= 0.3 is 5.97 Å². The van der Waals surface area contributed by atoms with Gasteiger partial charge in [0.15, 0.2) is 0 Å². The number of thiazole rings is 1. The van der Waals surface area contributed by atoms with Gasteiger partial charge in [0.2, 0.25) is 0 Å². The van der Waals surface area contributed by atoms with Crippen LogP contribution in [0.5, 0.6) is 0 Å². The largest absolute Gasteiger partial charge is 0.480 e. The highest BCUT2D eigenvalue weighted by molar-refractivity contribution is 7.13. The molecule has 0 fully saturated rings. The van der Waals surface area contributed by atoms with Gasteiger partial charge in [-0.05, 0) is 25.0 Å². The summed E-state index contributed by atoms with van der Waals surface area (Å²) in [6, 6.07) is 6.84. The SMILES string of the molecule is Cc1nc(C)c(C(=O)N2Cc3ccccc3C[C@H]2C(=O)O)s1. The molecular weight excluding hydrogens is 300 g/mol. The second-order valence-electron chi connectivity index (χ2n) is 5.41. The maximum Gasteiger partial charge on any atom is 0.326 e. The molecule has 0 radical (unpaired) electrons. The maximum atomic E-state index is 12.8. The van der Waals surface area contributed by atoms with E-state index in [9.17, 15) is 14.7 Å². The Morgan fingerprint density at radius 1 is 1.27 bits per heavy atom. The van der Waals surface area contributed by atoms with Gasteiger partial charge in [-0.3, -0.25) is 4.79 Å². The van der Waals surface area contributed by atoms with E-state index in [-0.39, 0.29) is 5.91 Å². The number of fused-ring (bicyclic) bond motifs is 1. The number of rotatable bonds is 2. The number of hydrogen-bond acceptors (Lipinski definition) is 4. The van der Waals surface area contributed by atoms with E-state index in [0.717, 1.165) is 16.1 Å². The molecule has 1 aromatic heterocycles. The van der Waals surface area contributed by atoms with Crippen LogP contribution in [0.25, 0.3) is 0 Å². The minimum atomic E-state index is -0.971. The molecule has 1 aliphatic heterocycles. The Kier molecular flexibility index (Phi) is 3.70. The number of aryl methyl sites for hydroxylation is 2. The lowest BCUT2D eigenvalue weighted by atomic mass is 9.94. The predicted molar refractivity (Wildman–Crippen MR) is 83.0 cm³/mol. The highest BCUT2D eigenvalue weighted by Gasteiger charge is 2.36. The fraction of sp³-hybridized carbons (Fsp3) is 0.312. The van der Waals surface area contributed by atoms with Gasteiger partial charge < -0.3 is 10.0 Å². The van der Waals surface area contributed by atoms with Gasteiger partial charge in [0.25, 0.3) is 5.91 Å². The Bertz CT molecular complexity index is 754. The summed E-state index contributed by atoms with van der Waals surface area (Å²) in [5.74, 6) is -1.22. The summed E-state index contributed by atoms with van der Waals surface area (Å²) < 4.78 is 0. The van der Waals surface area contributed by atoms with Crippen molar-refractivity contribution < 1.29 is 14.7 Å². The van der Waals surface area contributed by atoms with Crippen molar-refractivity contribution in [3.05, 3.63) is 51.0 Å². The van der Waals surface area contributed by atoms with Crippen LogP contribution in [0.2, 0.25) is 0 Å². The molecule has 0 saturated carbocycles. The first-order valence-corrected chi connectivity index (χ1v) is 7.83. The summed E-state index contributed by atoms with van der Waals surface area (Å²) in [4.78, 5) is 30.6. The first kappa shape index (κ1) is 14.7. The Balaban J connectivity index is 1.99. The number of nitrogens with zero attached hydrogens (tertiary/aromatic N) is 2. The third-order valence-electron chi connectivity index (χ3n) is 3.89. The van der Waals surface area contributed by atoms with Crippen LogP contribution >= 0.6 is 11.3 Å². The number of carbonyl (C=O) groups excluding carboxylic acids is 1. The van der Waals surface area contributed by atoms with Gasteiger partial charge in [0.05, 0.1) is 10.7 Å². The van der Waals surface area contributed by atoms with E-state index < -0.39 is 12.0 Å². The molecule has 0 unspecified atom stereocenters. The predicted octanol–water partition coefficient (Wildman–Crippen LogP) is 2.41. The van der Waals surface area contributed by atoms with E-state index in [1.54, 1.807) is 6.92 Å². The van der Waals surface area contributed by atoms with Gasteiger partial charge in [0, 0.05) is 13.0 Å². The van der Waals surface area contributed by atoms with Crippen molar-refractivity contribution in [1.82, 2.24) is 9.88 Å². The lowest BCUT2D eigenvalue weighted by molar-refractivity contribution is -0.142. The minimum Gasteiger partial charge on any atom is -0.480 e. The lowest BCUT2D eigenvalue weighted by Gasteiger charge is -2.34. The number of aliphatic carboxylic acids is 1. The summed E-state index contributed by atoms with van der Waals surface area (Å²) in [6.07, 6.45) is 0.341. The maximum absolute atomic E-state index is 12.8. The molecule has 0 saturated heterocycles. The molecule has 1 N–H and O–H groups in total. The first-order chi connectivity index (χ1) is 10.5. The summed E-state index contributed by atoms with van der Waals surface area (Å²) in [5, 5.41) is 10.3. The third kappa shape index (κ3) is 2.50. The van der Waals surface area contributed by atoms with E-state index in [0.29, 0.717) is 23.5 Å². The normalized spacial score (nSPS) is 17.2. The Morgan fingerprint density at radius 2 is 1.95 bits per heavy atom. The van der Waals surface area contributed by atoms with Crippen LogP contribution in [0.1, 0.15) is 31.5 Å². The van der Waals surface area contributed by atoms with Crippen LogP contribution in [0, 0.1) is 13.8 Å². The monoisotopic (exact) mass is 316 g/mol. The molecule has 114 valence electrons. The molecule has 22 heavy (non-hydrogen) atoms. The van der Waals surface area contributed by atoms with Crippen molar-refractivity contribution in [2.45, 2.75) is 32.9 Å². The number of amides is 1. The summed E-state index contributed by atoms with van der Waals surface area (Å²) >= 11 is 1.32. The van der Waals surface area contributed by atoms with Crippen molar-refractivity contribution in [1.29, 1.82) is 0 Å². The van der Waals surface area contributed by atoms with Gasteiger partial charge in [-0.15, -0.1) is 11.3 Å². The molecule has 2 aromatic rings.